The Hall–Kier alpha value is -2.54. The molecule has 1 N–H and O–H groups in total. The molecule has 1 heterocycles. The fraction of sp³-hybridized carbons (Fsp3) is 0.480. The zero-order valence-electron chi connectivity index (χ0n) is 19.6. The van der Waals surface area contributed by atoms with Gasteiger partial charge < -0.3 is 10.1 Å². The maximum Gasteiger partial charge on any atom is 0.241 e. The zero-order chi connectivity index (χ0) is 23.5. The molecule has 1 atom stereocenters. The molecule has 3 rings (SSSR count). The summed E-state index contributed by atoms with van der Waals surface area (Å²) in [5.74, 6) is 0.771. The third kappa shape index (κ3) is 5.26. The SMILES string of the molecule is CCC1(CC)C[C@@H](NC(=O)CN(c2ccc(C(C)C)cc2)S(C)(=O)=O)c2ccccc2O1. The summed E-state index contributed by atoms with van der Waals surface area (Å²) < 4.78 is 32.5. The van der Waals surface area contributed by atoms with Crippen molar-refractivity contribution in [3.8, 4) is 5.75 Å². The second kappa shape index (κ2) is 9.53. The number of benzene rings is 2. The standard InChI is InChI=1S/C25H34N2O4S/c1-6-25(7-2)16-22(21-10-8-9-11-23(21)31-25)26-24(28)17-27(32(5,29)30)20-14-12-19(13-15-20)18(3)4/h8-15,18,22H,6-7,16-17H2,1-5H3,(H,26,28)/t22-/m1/s1. The second-order valence-electron chi connectivity index (χ2n) is 8.87. The number of amides is 1. The third-order valence-corrected chi connectivity index (χ3v) is 7.50. The van der Waals surface area contributed by atoms with Gasteiger partial charge >= 0.3 is 0 Å². The largest absolute Gasteiger partial charge is 0.487 e. The molecule has 174 valence electrons. The van der Waals surface area contributed by atoms with Gasteiger partial charge in [-0.25, -0.2) is 8.42 Å². The predicted octanol–water partition coefficient (Wildman–Crippen LogP) is 4.77. The van der Waals surface area contributed by atoms with Gasteiger partial charge in [0.1, 0.15) is 17.9 Å². The fourth-order valence-electron chi connectivity index (χ4n) is 4.23. The average molecular weight is 459 g/mol. The van der Waals surface area contributed by atoms with Crippen LogP contribution < -0.4 is 14.4 Å². The Morgan fingerprint density at radius 2 is 1.75 bits per heavy atom. The Morgan fingerprint density at radius 1 is 1.12 bits per heavy atom. The lowest BCUT2D eigenvalue weighted by Crippen LogP contribution is -2.47. The van der Waals surface area contributed by atoms with Gasteiger partial charge in [-0.2, -0.15) is 0 Å². The molecule has 1 aliphatic rings. The average Bonchev–Trinajstić information content (AvgIpc) is 2.76. The monoisotopic (exact) mass is 458 g/mol. The summed E-state index contributed by atoms with van der Waals surface area (Å²) in [4.78, 5) is 13.1. The summed E-state index contributed by atoms with van der Waals surface area (Å²) in [5.41, 5.74) is 2.16. The molecule has 0 radical (unpaired) electrons. The van der Waals surface area contributed by atoms with Gasteiger partial charge in [0.05, 0.1) is 18.0 Å². The number of sulfonamides is 1. The molecule has 0 saturated carbocycles. The van der Waals surface area contributed by atoms with Crippen molar-refractivity contribution in [1.82, 2.24) is 5.32 Å². The Bertz CT molecular complexity index is 1040. The number of hydrogen-bond donors (Lipinski definition) is 1. The van der Waals surface area contributed by atoms with Gasteiger partial charge in [-0.3, -0.25) is 9.10 Å². The van der Waals surface area contributed by atoms with Crippen molar-refractivity contribution < 1.29 is 17.9 Å². The van der Waals surface area contributed by atoms with Crippen molar-refractivity contribution in [3.63, 3.8) is 0 Å². The number of carbonyl (C=O) groups excluding carboxylic acids is 1. The smallest absolute Gasteiger partial charge is 0.241 e. The number of nitrogens with one attached hydrogen (secondary N) is 1. The minimum Gasteiger partial charge on any atom is -0.487 e. The molecule has 7 heteroatoms. The van der Waals surface area contributed by atoms with Crippen molar-refractivity contribution in [1.29, 1.82) is 0 Å². The first-order chi connectivity index (χ1) is 15.1. The maximum absolute atomic E-state index is 13.1. The van der Waals surface area contributed by atoms with Crippen LogP contribution >= 0.6 is 0 Å². The van der Waals surface area contributed by atoms with E-state index in [0.29, 0.717) is 18.0 Å². The molecule has 0 spiro atoms. The van der Waals surface area contributed by atoms with E-state index in [0.717, 1.165) is 40.3 Å². The van der Waals surface area contributed by atoms with Gasteiger partial charge in [-0.15, -0.1) is 0 Å². The Balaban J connectivity index is 1.83. The molecule has 0 unspecified atom stereocenters. The van der Waals surface area contributed by atoms with Crippen LogP contribution in [0.3, 0.4) is 0 Å². The number of nitrogens with zero attached hydrogens (tertiary/aromatic N) is 1. The summed E-state index contributed by atoms with van der Waals surface area (Å²) in [7, 11) is -3.63. The molecule has 1 amide bonds. The highest BCUT2D eigenvalue weighted by Gasteiger charge is 2.39. The van der Waals surface area contributed by atoms with Gasteiger partial charge in [0, 0.05) is 12.0 Å². The topological polar surface area (TPSA) is 75.7 Å². The van der Waals surface area contributed by atoms with Crippen LogP contribution in [0, 0.1) is 0 Å². The molecule has 0 saturated heterocycles. The molecule has 0 aliphatic carbocycles. The Kier molecular flexibility index (Phi) is 7.18. The summed E-state index contributed by atoms with van der Waals surface area (Å²) in [6.07, 6.45) is 3.41. The molecule has 32 heavy (non-hydrogen) atoms. The summed E-state index contributed by atoms with van der Waals surface area (Å²) in [6.45, 7) is 8.06. The van der Waals surface area contributed by atoms with Gasteiger partial charge in [-0.1, -0.05) is 58.0 Å². The van der Waals surface area contributed by atoms with E-state index in [4.69, 9.17) is 4.74 Å². The summed E-state index contributed by atoms with van der Waals surface area (Å²) in [6, 6.07) is 14.8. The Morgan fingerprint density at radius 3 is 2.31 bits per heavy atom. The number of hydrogen-bond acceptors (Lipinski definition) is 4. The van der Waals surface area contributed by atoms with Crippen LogP contribution in [-0.4, -0.2) is 32.7 Å². The number of fused-ring (bicyclic) bond motifs is 1. The molecule has 0 aromatic heterocycles. The van der Waals surface area contributed by atoms with Gasteiger partial charge in [0.2, 0.25) is 15.9 Å². The normalized spacial score (nSPS) is 17.4. The van der Waals surface area contributed by atoms with Crippen molar-refractivity contribution in [2.75, 3.05) is 17.1 Å². The van der Waals surface area contributed by atoms with E-state index >= 15 is 0 Å². The highest BCUT2D eigenvalue weighted by Crippen LogP contribution is 2.42. The molecule has 6 nitrogen and oxygen atoms in total. The van der Waals surface area contributed by atoms with Crippen LogP contribution in [0.5, 0.6) is 5.75 Å². The van der Waals surface area contributed by atoms with Crippen molar-refractivity contribution >= 4 is 21.6 Å². The van der Waals surface area contributed by atoms with E-state index in [-0.39, 0.29) is 24.1 Å². The van der Waals surface area contributed by atoms with E-state index < -0.39 is 10.0 Å². The lowest BCUT2D eigenvalue weighted by molar-refractivity contribution is -0.121. The lowest BCUT2D eigenvalue weighted by Gasteiger charge is -2.41. The van der Waals surface area contributed by atoms with E-state index in [9.17, 15) is 13.2 Å². The molecule has 0 fully saturated rings. The number of ether oxygens (including phenoxy) is 1. The first kappa shape index (κ1) is 24.1. The number of carbonyl (C=O) groups is 1. The minimum atomic E-state index is -3.63. The van der Waals surface area contributed by atoms with Crippen LogP contribution in [-0.2, 0) is 14.8 Å². The van der Waals surface area contributed by atoms with Gasteiger partial charge in [0.25, 0.3) is 0 Å². The molecule has 2 aromatic rings. The quantitative estimate of drug-likeness (QED) is 0.618. The highest BCUT2D eigenvalue weighted by molar-refractivity contribution is 7.92. The summed E-state index contributed by atoms with van der Waals surface area (Å²) >= 11 is 0. The molecule has 2 aromatic carbocycles. The second-order valence-corrected chi connectivity index (χ2v) is 10.8. The first-order valence-electron chi connectivity index (χ1n) is 11.2. The van der Waals surface area contributed by atoms with Gasteiger partial charge in [-0.05, 0) is 42.5 Å². The highest BCUT2D eigenvalue weighted by atomic mass is 32.2. The van der Waals surface area contributed by atoms with E-state index in [1.165, 1.54) is 0 Å². The van der Waals surface area contributed by atoms with Crippen LogP contribution in [0.25, 0.3) is 0 Å². The van der Waals surface area contributed by atoms with E-state index in [2.05, 4.69) is 33.0 Å². The predicted molar refractivity (Wildman–Crippen MR) is 129 cm³/mol. The van der Waals surface area contributed by atoms with Crippen LogP contribution in [0.2, 0.25) is 0 Å². The Labute approximate surface area is 192 Å². The first-order valence-corrected chi connectivity index (χ1v) is 13.1. The van der Waals surface area contributed by atoms with E-state index in [1.54, 1.807) is 12.1 Å². The molecule has 0 bridgehead atoms. The summed E-state index contributed by atoms with van der Waals surface area (Å²) in [5, 5.41) is 3.08. The van der Waals surface area contributed by atoms with Crippen LogP contribution in [0.4, 0.5) is 5.69 Å². The zero-order valence-corrected chi connectivity index (χ0v) is 20.4. The number of anilines is 1. The van der Waals surface area contributed by atoms with Crippen molar-refractivity contribution in [2.45, 2.75) is 64.5 Å². The van der Waals surface area contributed by atoms with Crippen LogP contribution in [0.15, 0.2) is 48.5 Å². The maximum atomic E-state index is 13.1. The van der Waals surface area contributed by atoms with Crippen molar-refractivity contribution in [2.24, 2.45) is 0 Å². The van der Waals surface area contributed by atoms with Crippen LogP contribution in [0.1, 0.15) is 70.0 Å². The third-order valence-electron chi connectivity index (χ3n) is 6.36. The van der Waals surface area contributed by atoms with E-state index in [1.807, 2.05) is 36.4 Å². The number of para-hydroxylation sites is 1. The molecule has 1 aliphatic heterocycles. The number of rotatable bonds is 8. The molecular formula is C25H34N2O4S. The van der Waals surface area contributed by atoms with Gasteiger partial charge in [0.15, 0.2) is 0 Å². The molecular weight excluding hydrogens is 424 g/mol. The fourth-order valence-corrected chi connectivity index (χ4v) is 5.08. The van der Waals surface area contributed by atoms with Crippen molar-refractivity contribution in [3.05, 3.63) is 59.7 Å². The minimum absolute atomic E-state index is 0.239. The lowest BCUT2D eigenvalue weighted by atomic mass is 9.83.